The average molecular weight is 237 g/mol. The van der Waals surface area contributed by atoms with Crippen LogP contribution in [0.15, 0.2) is 24.3 Å². The van der Waals surface area contributed by atoms with Crippen LogP contribution in [0, 0.1) is 11.7 Å². The fraction of sp³-hybridized carbons (Fsp3) is 0.417. The molecule has 0 spiro atoms. The van der Waals surface area contributed by atoms with E-state index in [1.165, 1.54) is 11.0 Å². The Labute approximate surface area is 99.8 Å². The van der Waals surface area contributed by atoms with Crippen LogP contribution in [0.25, 0.3) is 0 Å². The van der Waals surface area contributed by atoms with Gasteiger partial charge in [-0.25, -0.2) is 9.18 Å². The zero-order valence-corrected chi connectivity index (χ0v) is 9.77. The average Bonchev–Trinajstić information content (AvgIpc) is 2.33. The molecule has 1 atom stereocenters. The fourth-order valence-electron chi connectivity index (χ4n) is 2.09. The summed E-state index contributed by atoms with van der Waals surface area (Å²) in [4.78, 5) is 15.0. The number of anilines is 1. The highest BCUT2D eigenvalue weighted by Crippen LogP contribution is 2.24. The van der Waals surface area contributed by atoms with Crippen LogP contribution in [0.5, 0.6) is 0 Å². The second-order valence-electron chi connectivity index (χ2n) is 4.33. The van der Waals surface area contributed by atoms with Crippen LogP contribution in [-0.4, -0.2) is 37.6 Å². The number of para-hydroxylation sites is 1. The highest BCUT2D eigenvalue weighted by molar-refractivity contribution is 5.92. The van der Waals surface area contributed by atoms with E-state index in [2.05, 4.69) is 0 Å². The van der Waals surface area contributed by atoms with Gasteiger partial charge in [0, 0.05) is 26.1 Å². The predicted octanol–water partition coefficient (Wildman–Crippen LogP) is 1.27. The summed E-state index contributed by atoms with van der Waals surface area (Å²) in [5.41, 5.74) is 5.95. The zero-order valence-electron chi connectivity index (χ0n) is 9.77. The van der Waals surface area contributed by atoms with Crippen LogP contribution >= 0.6 is 0 Å². The first kappa shape index (κ1) is 11.9. The van der Waals surface area contributed by atoms with E-state index in [1.807, 2.05) is 0 Å². The van der Waals surface area contributed by atoms with Crippen LogP contribution in [0.3, 0.4) is 0 Å². The van der Waals surface area contributed by atoms with Crippen molar-refractivity contribution in [1.82, 2.24) is 4.90 Å². The normalized spacial score (nSPS) is 20.9. The molecule has 2 N–H and O–H groups in total. The lowest BCUT2D eigenvalue weighted by Crippen LogP contribution is -2.53. The van der Waals surface area contributed by atoms with Crippen molar-refractivity contribution in [1.29, 1.82) is 0 Å². The molecule has 17 heavy (non-hydrogen) atoms. The second-order valence-corrected chi connectivity index (χ2v) is 4.33. The van der Waals surface area contributed by atoms with Gasteiger partial charge in [-0.1, -0.05) is 12.1 Å². The van der Waals surface area contributed by atoms with Crippen LogP contribution in [0.2, 0.25) is 0 Å². The molecule has 0 bridgehead atoms. The summed E-state index contributed by atoms with van der Waals surface area (Å²) in [6.07, 6.45) is 0. The lowest BCUT2D eigenvalue weighted by Gasteiger charge is -2.38. The minimum Gasteiger partial charge on any atom is -0.330 e. The van der Waals surface area contributed by atoms with Crippen LogP contribution in [0.4, 0.5) is 14.9 Å². The molecular formula is C12H16FN3O. The molecule has 0 saturated carbocycles. The Balaban J connectivity index is 2.30. The fourth-order valence-corrected chi connectivity index (χ4v) is 2.09. The summed E-state index contributed by atoms with van der Waals surface area (Å²) in [7, 11) is 1.71. The maximum absolute atomic E-state index is 13.7. The molecule has 1 aromatic rings. The Morgan fingerprint density at radius 3 is 2.76 bits per heavy atom. The van der Waals surface area contributed by atoms with Crippen molar-refractivity contribution in [3.8, 4) is 0 Å². The molecule has 2 amide bonds. The summed E-state index contributed by atoms with van der Waals surface area (Å²) in [5, 5.41) is 0. The lowest BCUT2D eigenvalue weighted by atomic mass is 10.1. The van der Waals surface area contributed by atoms with E-state index < -0.39 is 0 Å². The minimum absolute atomic E-state index is 0.178. The van der Waals surface area contributed by atoms with Gasteiger partial charge in [0.05, 0.1) is 5.69 Å². The van der Waals surface area contributed by atoms with Gasteiger partial charge in [0.25, 0.3) is 0 Å². The topological polar surface area (TPSA) is 49.6 Å². The number of carbonyl (C=O) groups is 1. The first-order valence-electron chi connectivity index (χ1n) is 5.60. The molecule has 2 rings (SSSR count). The number of benzene rings is 1. The monoisotopic (exact) mass is 237 g/mol. The van der Waals surface area contributed by atoms with Crippen molar-refractivity contribution < 1.29 is 9.18 Å². The Bertz CT molecular complexity index is 424. The summed E-state index contributed by atoms with van der Waals surface area (Å²) in [6.45, 7) is 1.59. The molecule has 1 fully saturated rings. The van der Waals surface area contributed by atoms with Crippen LogP contribution in [-0.2, 0) is 0 Å². The molecule has 0 aromatic heterocycles. The molecular weight excluding hydrogens is 221 g/mol. The van der Waals surface area contributed by atoms with Gasteiger partial charge in [0.1, 0.15) is 5.82 Å². The molecule has 1 unspecified atom stereocenters. The number of nitrogens with two attached hydrogens (primary N) is 1. The molecule has 1 aliphatic rings. The molecule has 0 radical (unpaired) electrons. The van der Waals surface area contributed by atoms with Crippen molar-refractivity contribution in [2.45, 2.75) is 0 Å². The number of hydrogen-bond donors (Lipinski definition) is 1. The Kier molecular flexibility index (Phi) is 3.28. The molecule has 92 valence electrons. The third-order valence-electron chi connectivity index (χ3n) is 3.01. The molecule has 5 heteroatoms. The number of halogens is 1. The van der Waals surface area contributed by atoms with Crippen molar-refractivity contribution >= 4 is 11.7 Å². The molecule has 1 aromatic carbocycles. The van der Waals surface area contributed by atoms with Gasteiger partial charge < -0.3 is 10.6 Å². The minimum atomic E-state index is -0.382. The maximum atomic E-state index is 13.7. The lowest BCUT2D eigenvalue weighted by molar-refractivity contribution is 0.193. The van der Waals surface area contributed by atoms with Gasteiger partial charge in [-0.15, -0.1) is 0 Å². The smallest absolute Gasteiger partial charge is 0.324 e. The molecule has 1 heterocycles. The van der Waals surface area contributed by atoms with Gasteiger partial charge in [-0.3, -0.25) is 4.90 Å². The van der Waals surface area contributed by atoms with Gasteiger partial charge in [-0.2, -0.15) is 0 Å². The van der Waals surface area contributed by atoms with Crippen LogP contribution < -0.4 is 10.6 Å². The SMILES string of the molecule is CN1CC(CN)CN(c2ccccc2F)C1=O. The summed E-state index contributed by atoms with van der Waals surface area (Å²) in [5.74, 6) is -0.204. The van der Waals surface area contributed by atoms with E-state index >= 15 is 0 Å². The number of hydrogen-bond acceptors (Lipinski definition) is 2. The highest BCUT2D eigenvalue weighted by Gasteiger charge is 2.30. The van der Waals surface area contributed by atoms with Crippen molar-refractivity contribution in [3.63, 3.8) is 0 Å². The first-order chi connectivity index (χ1) is 8.13. The van der Waals surface area contributed by atoms with E-state index in [1.54, 1.807) is 30.1 Å². The summed E-state index contributed by atoms with van der Waals surface area (Å²) in [6, 6.07) is 6.11. The van der Waals surface area contributed by atoms with E-state index in [0.717, 1.165) is 0 Å². The zero-order chi connectivity index (χ0) is 12.4. The van der Waals surface area contributed by atoms with Crippen molar-refractivity contribution in [2.75, 3.05) is 31.6 Å². The van der Waals surface area contributed by atoms with Gasteiger partial charge in [-0.05, 0) is 18.7 Å². The number of urea groups is 1. The standard InChI is InChI=1S/C12H16FN3O/c1-15-7-9(6-14)8-16(12(15)17)11-5-3-2-4-10(11)13/h2-5,9H,6-8,14H2,1H3. The summed E-state index contributed by atoms with van der Waals surface area (Å²) >= 11 is 0. The number of carbonyl (C=O) groups excluding carboxylic acids is 1. The summed E-state index contributed by atoms with van der Waals surface area (Å²) < 4.78 is 13.7. The van der Waals surface area contributed by atoms with E-state index in [-0.39, 0.29) is 17.8 Å². The van der Waals surface area contributed by atoms with Crippen LogP contribution in [0.1, 0.15) is 0 Å². The maximum Gasteiger partial charge on any atom is 0.324 e. The molecule has 4 nitrogen and oxygen atoms in total. The first-order valence-corrected chi connectivity index (χ1v) is 5.60. The number of rotatable bonds is 2. The Hall–Kier alpha value is -1.62. The van der Waals surface area contributed by atoms with E-state index in [9.17, 15) is 9.18 Å². The number of amides is 2. The predicted molar refractivity (Wildman–Crippen MR) is 64.3 cm³/mol. The van der Waals surface area contributed by atoms with Crippen molar-refractivity contribution in [3.05, 3.63) is 30.1 Å². The number of nitrogens with zero attached hydrogens (tertiary/aromatic N) is 2. The van der Waals surface area contributed by atoms with E-state index in [0.29, 0.717) is 25.3 Å². The third-order valence-corrected chi connectivity index (χ3v) is 3.01. The second kappa shape index (κ2) is 4.71. The Morgan fingerprint density at radius 1 is 1.41 bits per heavy atom. The largest absolute Gasteiger partial charge is 0.330 e. The van der Waals surface area contributed by atoms with Gasteiger partial charge in [0.15, 0.2) is 0 Å². The van der Waals surface area contributed by atoms with E-state index in [4.69, 9.17) is 5.73 Å². The molecule has 1 saturated heterocycles. The molecule has 1 aliphatic heterocycles. The van der Waals surface area contributed by atoms with Gasteiger partial charge >= 0.3 is 6.03 Å². The molecule has 0 aliphatic carbocycles. The van der Waals surface area contributed by atoms with Gasteiger partial charge in [0.2, 0.25) is 0 Å². The van der Waals surface area contributed by atoms with Crippen molar-refractivity contribution in [2.24, 2.45) is 11.7 Å². The highest BCUT2D eigenvalue weighted by atomic mass is 19.1. The Morgan fingerprint density at radius 2 is 2.12 bits per heavy atom. The third kappa shape index (κ3) is 2.24. The quantitative estimate of drug-likeness (QED) is 0.842.